The standard InChI is InChI=1S/C16H15Cl2FN4O2/c17-13-9-20-23(16(25)15(13)18)10-14(24)22-7-5-21(6-8-22)12-3-1-11(19)2-4-12/h1-4,9H,5-8,10H2. The van der Waals surface area contributed by atoms with Gasteiger partial charge in [0.05, 0.1) is 11.2 Å². The molecule has 0 aliphatic carbocycles. The molecule has 1 aromatic carbocycles. The normalized spacial score (nSPS) is 14.7. The average molecular weight is 385 g/mol. The first kappa shape index (κ1) is 17.7. The minimum absolute atomic E-state index is 0.0586. The molecule has 1 aliphatic rings. The number of nitrogens with zero attached hydrogens (tertiary/aromatic N) is 4. The number of hydrogen-bond acceptors (Lipinski definition) is 4. The van der Waals surface area contributed by atoms with Gasteiger partial charge in [-0.1, -0.05) is 23.2 Å². The Labute approximate surface area is 153 Å². The molecule has 25 heavy (non-hydrogen) atoms. The predicted molar refractivity (Wildman–Crippen MR) is 93.7 cm³/mol. The predicted octanol–water partition coefficient (Wildman–Crippen LogP) is 2.04. The smallest absolute Gasteiger partial charge is 0.287 e. The number of amides is 1. The van der Waals surface area contributed by atoms with Crippen LogP contribution >= 0.6 is 23.2 Å². The Kier molecular flexibility index (Phi) is 5.24. The van der Waals surface area contributed by atoms with Gasteiger partial charge in [-0.2, -0.15) is 5.10 Å². The summed E-state index contributed by atoms with van der Waals surface area (Å²) in [4.78, 5) is 28.1. The second kappa shape index (κ2) is 7.41. The molecule has 1 aliphatic heterocycles. The van der Waals surface area contributed by atoms with Crippen LogP contribution in [0.25, 0.3) is 0 Å². The summed E-state index contributed by atoms with van der Waals surface area (Å²) in [5.74, 6) is -0.496. The van der Waals surface area contributed by atoms with Gasteiger partial charge >= 0.3 is 0 Å². The van der Waals surface area contributed by atoms with Crippen molar-refractivity contribution >= 4 is 34.8 Å². The van der Waals surface area contributed by atoms with E-state index in [-0.39, 0.29) is 28.3 Å². The van der Waals surface area contributed by atoms with Crippen LogP contribution in [-0.4, -0.2) is 46.8 Å². The van der Waals surface area contributed by atoms with Crippen LogP contribution < -0.4 is 10.5 Å². The van der Waals surface area contributed by atoms with Crippen molar-refractivity contribution in [2.75, 3.05) is 31.1 Å². The Morgan fingerprint density at radius 3 is 2.40 bits per heavy atom. The number of benzene rings is 1. The molecule has 132 valence electrons. The van der Waals surface area contributed by atoms with E-state index in [1.807, 2.05) is 0 Å². The van der Waals surface area contributed by atoms with Crippen LogP contribution in [0.1, 0.15) is 0 Å². The number of halogens is 3. The molecule has 6 nitrogen and oxygen atoms in total. The maximum Gasteiger partial charge on any atom is 0.287 e. The Hall–Kier alpha value is -2.12. The van der Waals surface area contributed by atoms with E-state index >= 15 is 0 Å². The maximum absolute atomic E-state index is 13.0. The van der Waals surface area contributed by atoms with E-state index in [0.29, 0.717) is 26.2 Å². The first-order valence-corrected chi connectivity index (χ1v) is 8.40. The SMILES string of the molecule is O=C(Cn1ncc(Cl)c(Cl)c1=O)N1CCN(c2ccc(F)cc2)CC1. The second-order valence-corrected chi connectivity index (χ2v) is 6.40. The molecule has 2 aromatic rings. The van der Waals surface area contributed by atoms with E-state index in [9.17, 15) is 14.0 Å². The molecule has 0 atom stereocenters. The van der Waals surface area contributed by atoms with Gasteiger partial charge in [-0.3, -0.25) is 9.59 Å². The number of anilines is 1. The summed E-state index contributed by atoms with van der Waals surface area (Å²) < 4.78 is 14.0. The number of hydrogen-bond donors (Lipinski definition) is 0. The summed E-state index contributed by atoms with van der Waals surface area (Å²) in [6.45, 7) is 2.08. The van der Waals surface area contributed by atoms with E-state index in [1.165, 1.54) is 18.3 Å². The Balaban J connectivity index is 1.61. The summed E-state index contributed by atoms with van der Waals surface area (Å²) in [5.41, 5.74) is 0.323. The summed E-state index contributed by atoms with van der Waals surface area (Å²) in [7, 11) is 0. The molecule has 0 bridgehead atoms. The molecule has 0 unspecified atom stereocenters. The lowest BCUT2D eigenvalue weighted by Crippen LogP contribution is -2.50. The second-order valence-electron chi connectivity index (χ2n) is 5.61. The molecule has 0 N–H and O–H groups in total. The van der Waals surface area contributed by atoms with Gasteiger partial charge in [0.25, 0.3) is 5.56 Å². The van der Waals surface area contributed by atoms with Crippen molar-refractivity contribution in [1.82, 2.24) is 14.7 Å². The molecule has 1 aromatic heterocycles. The van der Waals surface area contributed by atoms with Gasteiger partial charge in [-0.25, -0.2) is 9.07 Å². The van der Waals surface area contributed by atoms with Gasteiger partial charge in [0.1, 0.15) is 17.4 Å². The van der Waals surface area contributed by atoms with Crippen molar-refractivity contribution in [3.05, 3.63) is 56.7 Å². The van der Waals surface area contributed by atoms with Gasteiger partial charge in [0.15, 0.2) is 0 Å². The molecule has 0 saturated carbocycles. The van der Waals surface area contributed by atoms with E-state index < -0.39 is 5.56 Å². The monoisotopic (exact) mass is 384 g/mol. The summed E-state index contributed by atoms with van der Waals surface area (Å²) in [5, 5.41) is 3.75. The molecule has 3 rings (SSSR count). The van der Waals surface area contributed by atoms with Gasteiger partial charge in [-0.15, -0.1) is 0 Å². The van der Waals surface area contributed by atoms with E-state index in [4.69, 9.17) is 23.2 Å². The minimum atomic E-state index is -0.590. The fraction of sp³-hybridized carbons (Fsp3) is 0.312. The number of carbonyl (C=O) groups is 1. The third-order valence-electron chi connectivity index (χ3n) is 4.05. The van der Waals surface area contributed by atoms with Gasteiger partial charge < -0.3 is 9.80 Å². The molecule has 2 heterocycles. The molecular formula is C16H15Cl2FN4O2. The Bertz CT molecular complexity index is 833. The van der Waals surface area contributed by atoms with Crippen LogP contribution in [0.5, 0.6) is 0 Å². The van der Waals surface area contributed by atoms with Crippen molar-refractivity contribution < 1.29 is 9.18 Å². The van der Waals surface area contributed by atoms with Gasteiger partial charge in [0, 0.05) is 31.9 Å². The van der Waals surface area contributed by atoms with E-state index in [0.717, 1.165) is 10.4 Å². The number of rotatable bonds is 3. The van der Waals surface area contributed by atoms with Crippen LogP contribution in [0.4, 0.5) is 10.1 Å². The average Bonchev–Trinajstić information content (AvgIpc) is 2.63. The highest BCUT2D eigenvalue weighted by atomic mass is 35.5. The highest BCUT2D eigenvalue weighted by Crippen LogP contribution is 2.17. The van der Waals surface area contributed by atoms with E-state index in [1.54, 1.807) is 17.0 Å². The van der Waals surface area contributed by atoms with Crippen LogP contribution in [0.2, 0.25) is 10.0 Å². The number of aromatic nitrogens is 2. The quantitative estimate of drug-likeness (QED) is 0.812. The highest BCUT2D eigenvalue weighted by Gasteiger charge is 2.22. The van der Waals surface area contributed by atoms with Crippen LogP contribution in [-0.2, 0) is 11.3 Å². The minimum Gasteiger partial charge on any atom is -0.368 e. The topological polar surface area (TPSA) is 58.4 Å². The van der Waals surface area contributed by atoms with Crippen LogP contribution in [0.15, 0.2) is 35.3 Å². The van der Waals surface area contributed by atoms with Crippen molar-refractivity contribution in [2.45, 2.75) is 6.54 Å². The molecule has 1 saturated heterocycles. The zero-order valence-electron chi connectivity index (χ0n) is 13.2. The summed E-state index contributed by atoms with van der Waals surface area (Å²) >= 11 is 11.5. The lowest BCUT2D eigenvalue weighted by molar-refractivity contribution is -0.132. The molecule has 9 heteroatoms. The zero-order chi connectivity index (χ0) is 18.0. The highest BCUT2D eigenvalue weighted by molar-refractivity contribution is 6.41. The van der Waals surface area contributed by atoms with Crippen LogP contribution in [0, 0.1) is 5.82 Å². The van der Waals surface area contributed by atoms with Crippen molar-refractivity contribution in [2.24, 2.45) is 0 Å². The molecule has 1 amide bonds. The van der Waals surface area contributed by atoms with Crippen LogP contribution in [0.3, 0.4) is 0 Å². The fourth-order valence-corrected chi connectivity index (χ4v) is 2.92. The summed E-state index contributed by atoms with van der Waals surface area (Å²) in [6, 6.07) is 6.25. The maximum atomic E-state index is 13.0. The Morgan fingerprint density at radius 1 is 1.12 bits per heavy atom. The molecular weight excluding hydrogens is 370 g/mol. The molecule has 0 radical (unpaired) electrons. The Morgan fingerprint density at radius 2 is 1.76 bits per heavy atom. The van der Waals surface area contributed by atoms with E-state index in [2.05, 4.69) is 10.00 Å². The van der Waals surface area contributed by atoms with Crippen molar-refractivity contribution in [1.29, 1.82) is 0 Å². The summed E-state index contributed by atoms with van der Waals surface area (Å²) in [6.07, 6.45) is 1.24. The third kappa shape index (κ3) is 3.93. The molecule has 0 spiro atoms. The van der Waals surface area contributed by atoms with Gasteiger partial charge in [-0.05, 0) is 24.3 Å². The first-order chi connectivity index (χ1) is 12.0. The lowest BCUT2D eigenvalue weighted by Gasteiger charge is -2.36. The number of piperazine rings is 1. The van der Waals surface area contributed by atoms with Crippen molar-refractivity contribution in [3.8, 4) is 0 Å². The number of carbonyl (C=O) groups excluding carboxylic acids is 1. The van der Waals surface area contributed by atoms with Gasteiger partial charge in [0.2, 0.25) is 5.91 Å². The molecule has 1 fully saturated rings. The van der Waals surface area contributed by atoms with Crippen molar-refractivity contribution in [3.63, 3.8) is 0 Å². The fourth-order valence-electron chi connectivity index (χ4n) is 2.65. The first-order valence-electron chi connectivity index (χ1n) is 7.65. The largest absolute Gasteiger partial charge is 0.368 e. The zero-order valence-corrected chi connectivity index (χ0v) is 14.7. The third-order valence-corrected chi connectivity index (χ3v) is 4.80. The lowest BCUT2D eigenvalue weighted by atomic mass is 10.2.